The second-order valence-electron chi connectivity index (χ2n) is 9.88. The van der Waals surface area contributed by atoms with E-state index in [1.54, 1.807) is 18.2 Å². The average molecular weight is 534 g/mol. The number of aromatic amines is 1. The highest BCUT2D eigenvalue weighted by atomic mass is 19.4. The van der Waals surface area contributed by atoms with Gasteiger partial charge in [0, 0.05) is 38.2 Å². The number of H-pyrrole nitrogens is 1. The van der Waals surface area contributed by atoms with Gasteiger partial charge in [-0.1, -0.05) is 6.07 Å². The first kappa shape index (κ1) is 25.9. The SMILES string of the molecule is O=C(CCc1ccc(OCC(F)(F)F)c(F)c1)N1CCC2CN(C(=O)c3ccc4n[nH]nc4c3)CC2CC1. The summed E-state index contributed by atoms with van der Waals surface area (Å²) in [5.41, 5.74) is 2.44. The molecule has 8 nitrogen and oxygen atoms in total. The largest absolute Gasteiger partial charge is 0.481 e. The molecule has 0 bridgehead atoms. The molecule has 2 aromatic carbocycles. The van der Waals surface area contributed by atoms with Crippen LogP contribution >= 0.6 is 0 Å². The minimum atomic E-state index is -4.55. The van der Waals surface area contributed by atoms with Gasteiger partial charge in [0.2, 0.25) is 5.91 Å². The zero-order valence-electron chi connectivity index (χ0n) is 20.5. The molecule has 2 aliphatic heterocycles. The molecule has 2 saturated heterocycles. The average Bonchev–Trinajstić information content (AvgIpc) is 3.47. The molecule has 1 aromatic heterocycles. The molecule has 2 atom stereocenters. The van der Waals surface area contributed by atoms with Crippen molar-refractivity contribution in [2.24, 2.45) is 11.8 Å². The van der Waals surface area contributed by atoms with E-state index < -0.39 is 24.3 Å². The number of alkyl halides is 3. The van der Waals surface area contributed by atoms with E-state index in [-0.39, 0.29) is 24.7 Å². The van der Waals surface area contributed by atoms with E-state index in [2.05, 4.69) is 20.1 Å². The molecule has 5 rings (SSSR count). The lowest BCUT2D eigenvalue weighted by Crippen LogP contribution is -2.34. The Balaban J connectivity index is 1.11. The molecule has 202 valence electrons. The second-order valence-corrected chi connectivity index (χ2v) is 9.88. The van der Waals surface area contributed by atoms with Crippen LogP contribution in [0.15, 0.2) is 36.4 Å². The van der Waals surface area contributed by atoms with E-state index >= 15 is 0 Å². The Morgan fingerprint density at radius 2 is 1.68 bits per heavy atom. The highest BCUT2D eigenvalue weighted by molar-refractivity contribution is 5.97. The molecular formula is C26H27F4N5O3. The molecule has 0 aliphatic carbocycles. The molecule has 0 saturated carbocycles. The van der Waals surface area contributed by atoms with Crippen molar-refractivity contribution in [3.05, 3.63) is 53.3 Å². The van der Waals surface area contributed by atoms with Gasteiger partial charge < -0.3 is 14.5 Å². The van der Waals surface area contributed by atoms with Crippen LogP contribution in [0.2, 0.25) is 0 Å². The number of aryl methyl sites for hydroxylation is 1. The zero-order valence-corrected chi connectivity index (χ0v) is 20.5. The van der Waals surface area contributed by atoms with Crippen LogP contribution in [0.3, 0.4) is 0 Å². The van der Waals surface area contributed by atoms with Gasteiger partial charge >= 0.3 is 6.18 Å². The van der Waals surface area contributed by atoms with Crippen molar-refractivity contribution in [2.75, 3.05) is 32.8 Å². The van der Waals surface area contributed by atoms with Crippen LogP contribution in [-0.2, 0) is 11.2 Å². The standard InChI is InChI=1S/C26H27F4N5O3/c27-20-11-16(1-5-23(20)38-15-26(28,29)30)2-6-24(36)34-9-7-18-13-35(14-19(18)8-10-34)25(37)17-3-4-21-22(12-17)32-33-31-21/h1,3-5,11-12,18-19H,2,6-10,13-15H2,(H,31,32,33). The fourth-order valence-corrected chi connectivity index (χ4v) is 5.30. The molecule has 2 aliphatic rings. The number of fused-ring (bicyclic) bond motifs is 2. The zero-order chi connectivity index (χ0) is 26.9. The number of carbonyl (C=O) groups is 2. The number of halogens is 4. The molecule has 2 amide bonds. The van der Waals surface area contributed by atoms with Gasteiger partial charge in [-0.3, -0.25) is 9.59 Å². The summed E-state index contributed by atoms with van der Waals surface area (Å²) in [5, 5.41) is 10.6. The number of carbonyl (C=O) groups excluding carboxylic acids is 2. The van der Waals surface area contributed by atoms with E-state index in [0.717, 1.165) is 25.0 Å². The van der Waals surface area contributed by atoms with Gasteiger partial charge in [0.15, 0.2) is 18.2 Å². The number of benzene rings is 2. The molecule has 38 heavy (non-hydrogen) atoms. The van der Waals surface area contributed by atoms with Gasteiger partial charge in [-0.2, -0.15) is 28.6 Å². The van der Waals surface area contributed by atoms with Crippen LogP contribution in [-0.4, -0.2) is 76.0 Å². The third kappa shape index (κ3) is 5.89. The summed E-state index contributed by atoms with van der Waals surface area (Å²) in [4.78, 5) is 29.6. The van der Waals surface area contributed by atoms with Crippen LogP contribution < -0.4 is 4.74 Å². The van der Waals surface area contributed by atoms with Crippen LogP contribution in [0.4, 0.5) is 17.6 Å². The van der Waals surface area contributed by atoms with E-state index in [1.165, 1.54) is 6.07 Å². The van der Waals surface area contributed by atoms with Crippen molar-refractivity contribution in [2.45, 2.75) is 31.9 Å². The Hall–Kier alpha value is -3.70. The number of ether oxygens (including phenoxy) is 1. The summed E-state index contributed by atoms with van der Waals surface area (Å²) in [5.74, 6) is -0.809. The second kappa shape index (κ2) is 10.6. The van der Waals surface area contributed by atoms with Crippen LogP contribution in [0.5, 0.6) is 5.75 Å². The van der Waals surface area contributed by atoms with Crippen molar-refractivity contribution in [3.63, 3.8) is 0 Å². The number of amides is 2. The maximum absolute atomic E-state index is 14.1. The van der Waals surface area contributed by atoms with Gasteiger partial charge in [-0.25, -0.2) is 4.39 Å². The number of nitrogens with zero attached hydrogens (tertiary/aromatic N) is 4. The lowest BCUT2D eigenvalue weighted by molar-refractivity contribution is -0.153. The maximum atomic E-state index is 14.1. The Morgan fingerprint density at radius 1 is 0.974 bits per heavy atom. The molecule has 3 aromatic rings. The summed E-state index contributed by atoms with van der Waals surface area (Å²) >= 11 is 0. The van der Waals surface area contributed by atoms with E-state index in [9.17, 15) is 27.2 Å². The normalized spacial score (nSPS) is 19.9. The molecule has 0 radical (unpaired) electrons. The summed E-state index contributed by atoms with van der Waals surface area (Å²) in [7, 11) is 0. The fourth-order valence-electron chi connectivity index (χ4n) is 5.30. The van der Waals surface area contributed by atoms with Gasteiger partial charge in [0.1, 0.15) is 11.0 Å². The molecule has 0 spiro atoms. The number of hydrogen-bond acceptors (Lipinski definition) is 5. The summed E-state index contributed by atoms with van der Waals surface area (Å²) in [6, 6.07) is 9.01. The van der Waals surface area contributed by atoms with Crippen molar-refractivity contribution in [3.8, 4) is 5.75 Å². The van der Waals surface area contributed by atoms with Gasteiger partial charge in [-0.15, -0.1) is 0 Å². The predicted octanol–water partition coefficient (Wildman–Crippen LogP) is 3.98. The minimum absolute atomic E-state index is 0.0297. The van der Waals surface area contributed by atoms with Crippen molar-refractivity contribution in [1.82, 2.24) is 25.2 Å². The van der Waals surface area contributed by atoms with Crippen molar-refractivity contribution in [1.29, 1.82) is 0 Å². The first-order valence-corrected chi connectivity index (χ1v) is 12.5. The molecule has 12 heteroatoms. The van der Waals surface area contributed by atoms with E-state index in [4.69, 9.17) is 0 Å². The van der Waals surface area contributed by atoms with Crippen molar-refractivity contribution >= 4 is 22.8 Å². The smallest absolute Gasteiger partial charge is 0.422 e. The molecule has 2 unspecified atom stereocenters. The fraction of sp³-hybridized carbons (Fsp3) is 0.462. The van der Waals surface area contributed by atoms with Gasteiger partial charge in [0.25, 0.3) is 5.91 Å². The quantitative estimate of drug-likeness (QED) is 0.484. The van der Waals surface area contributed by atoms with Crippen molar-refractivity contribution < 1.29 is 31.9 Å². The van der Waals surface area contributed by atoms with Crippen LogP contribution in [0.1, 0.15) is 35.2 Å². The van der Waals surface area contributed by atoms with Gasteiger partial charge in [-0.05, 0) is 67.0 Å². The Kier molecular flexibility index (Phi) is 7.22. The van der Waals surface area contributed by atoms with Crippen LogP contribution in [0, 0.1) is 17.7 Å². The lowest BCUT2D eigenvalue weighted by atomic mass is 9.92. The number of hydrogen-bond donors (Lipinski definition) is 1. The highest BCUT2D eigenvalue weighted by Crippen LogP contribution is 2.33. The monoisotopic (exact) mass is 533 g/mol. The Bertz CT molecular complexity index is 1310. The summed E-state index contributed by atoms with van der Waals surface area (Å²) in [6.07, 6.45) is -2.52. The summed E-state index contributed by atoms with van der Waals surface area (Å²) < 4.78 is 55.5. The number of aromatic nitrogens is 3. The molecule has 1 N–H and O–H groups in total. The Morgan fingerprint density at radius 3 is 2.37 bits per heavy atom. The number of nitrogens with one attached hydrogen (secondary N) is 1. The first-order chi connectivity index (χ1) is 18.2. The molecule has 2 fully saturated rings. The molecular weight excluding hydrogens is 506 g/mol. The lowest BCUT2D eigenvalue weighted by Gasteiger charge is -2.22. The summed E-state index contributed by atoms with van der Waals surface area (Å²) in [6.45, 7) is 0.898. The number of likely N-dealkylation sites (tertiary alicyclic amines) is 2. The Labute approximate surface area is 215 Å². The predicted molar refractivity (Wildman–Crippen MR) is 129 cm³/mol. The maximum Gasteiger partial charge on any atom is 0.422 e. The minimum Gasteiger partial charge on any atom is -0.481 e. The topological polar surface area (TPSA) is 91.4 Å². The van der Waals surface area contributed by atoms with Gasteiger partial charge in [0.05, 0.1) is 0 Å². The van der Waals surface area contributed by atoms with E-state index in [1.807, 2.05) is 9.80 Å². The number of rotatable bonds is 6. The third-order valence-corrected chi connectivity index (χ3v) is 7.33. The third-order valence-electron chi connectivity index (χ3n) is 7.33. The van der Waals surface area contributed by atoms with E-state index in [0.29, 0.717) is 60.2 Å². The molecule has 3 heterocycles. The highest BCUT2D eigenvalue weighted by Gasteiger charge is 2.38. The van der Waals surface area contributed by atoms with Crippen LogP contribution in [0.25, 0.3) is 11.0 Å². The first-order valence-electron chi connectivity index (χ1n) is 12.5.